The van der Waals surface area contributed by atoms with Gasteiger partial charge in [0.05, 0.1) is 6.61 Å². The van der Waals surface area contributed by atoms with E-state index in [-0.39, 0.29) is 5.91 Å². The Kier molecular flexibility index (Phi) is 11.0. The first-order valence-corrected chi connectivity index (χ1v) is 5.86. The molecule has 4 heteroatoms. The summed E-state index contributed by atoms with van der Waals surface area (Å²) in [5, 5.41) is 5.92. The van der Waals surface area contributed by atoms with E-state index in [4.69, 9.17) is 4.74 Å². The van der Waals surface area contributed by atoms with Crippen LogP contribution in [0, 0.1) is 0 Å². The maximum atomic E-state index is 11.2. The molecule has 90 valence electrons. The lowest BCUT2D eigenvalue weighted by Gasteiger charge is -2.06. The Hall–Kier alpha value is -0.610. The Morgan fingerprint density at radius 3 is 2.67 bits per heavy atom. The first-order chi connectivity index (χ1) is 7.31. The van der Waals surface area contributed by atoms with E-state index in [0.717, 1.165) is 32.5 Å². The summed E-state index contributed by atoms with van der Waals surface area (Å²) in [6.45, 7) is 7.85. The van der Waals surface area contributed by atoms with E-state index < -0.39 is 0 Å². The van der Waals surface area contributed by atoms with Crippen molar-refractivity contribution in [1.82, 2.24) is 10.6 Å². The van der Waals surface area contributed by atoms with Crippen molar-refractivity contribution in [2.45, 2.75) is 33.1 Å². The molecular formula is C11H24N2O2. The van der Waals surface area contributed by atoms with Gasteiger partial charge >= 0.3 is 0 Å². The Balaban J connectivity index is 3.10. The molecule has 0 saturated heterocycles. The van der Waals surface area contributed by atoms with Crippen LogP contribution in [0.1, 0.15) is 33.1 Å². The summed E-state index contributed by atoms with van der Waals surface area (Å²) in [7, 11) is 0. The molecule has 0 aromatic rings. The third-order valence-corrected chi connectivity index (χ3v) is 1.99. The number of amides is 1. The summed E-state index contributed by atoms with van der Waals surface area (Å²) in [6, 6.07) is 0. The highest BCUT2D eigenvalue weighted by Gasteiger charge is 1.98. The maximum Gasteiger partial charge on any atom is 0.221 e. The fraction of sp³-hybridized carbons (Fsp3) is 0.909. The Bertz CT molecular complexity index is 152. The summed E-state index contributed by atoms with van der Waals surface area (Å²) in [5.74, 6) is 0.0926. The van der Waals surface area contributed by atoms with Crippen LogP contribution in [-0.2, 0) is 9.53 Å². The van der Waals surface area contributed by atoms with Crippen LogP contribution >= 0.6 is 0 Å². The molecule has 0 saturated carbocycles. The fourth-order valence-electron chi connectivity index (χ4n) is 1.08. The van der Waals surface area contributed by atoms with Gasteiger partial charge in [-0.05, 0) is 13.0 Å². The molecular weight excluding hydrogens is 192 g/mol. The number of rotatable bonds is 10. The maximum absolute atomic E-state index is 11.2. The van der Waals surface area contributed by atoms with Crippen LogP contribution in [0.2, 0.25) is 0 Å². The van der Waals surface area contributed by atoms with E-state index in [1.54, 1.807) is 0 Å². The van der Waals surface area contributed by atoms with Crippen LogP contribution in [0.25, 0.3) is 0 Å². The monoisotopic (exact) mass is 216 g/mol. The number of hydrogen-bond donors (Lipinski definition) is 2. The van der Waals surface area contributed by atoms with Crippen molar-refractivity contribution in [3.8, 4) is 0 Å². The minimum Gasteiger partial charge on any atom is -0.380 e. The SMILES string of the molecule is CCCCOCCNC(=O)CCNCC. The van der Waals surface area contributed by atoms with Gasteiger partial charge in [-0.3, -0.25) is 4.79 Å². The van der Waals surface area contributed by atoms with Gasteiger partial charge in [0.1, 0.15) is 0 Å². The molecule has 0 aromatic heterocycles. The van der Waals surface area contributed by atoms with Gasteiger partial charge in [-0.2, -0.15) is 0 Å². The van der Waals surface area contributed by atoms with E-state index in [1.165, 1.54) is 0 Å². The van der Waals surface area contributed by atoms with Gasteiger partial charge in [0.15, 0.2) is 0 Å². The molecule has 0 aliphatic rings. The van der Waals surface area contributed by atoms with Gasteiger partial charge in [-0.1, -0.05) is 20.3 Å². The Morgan fingerprint density at radius 2 is 2.00 bits per heavy atom. The molecule has 0 aliphatic heterocycles. The molecule has 4 nitrogen and oxygen atoms in total. The molecule has 2 N–H and O–H groups in total. The molecule has 0 unspecified atom stereocenters. The van der Waals surface area contributed by atoms with Crippen LogP contribution in [0.3, 0.4) is 0 Å². The van der Waals surface area contributed by atoms with Gasteiger partial charge in [-0.25, -0.2) is 0 Å². The van der Waals surface area contributed by atoms with Crippen molar-refractivity contribution in [1.29, 1.82) is 0 Å². The quantitative estimate of drug-likeness (QED) is 0.534. The summed E-state index contributed by atoms with van der Waals surface area (Å²) in [6.07, 6.45) is 2.78. The topological polar surface area (TPSA) is 50.4 Å². The minimum atomic E-state index is 0.0926. The standard InChI is InChI=1S/C11H24N2O2/c1-3-5-9-15-10-8-13-11(14)6-7-12-4-2/h12H,3-10H2,1-2H3,(H,13,14). The highest BCUT2D eigenvalue weighted by Crippen LogP contribution is 1.86. The van der Waals surface area contributed by atoms with Gasteiger partial charge in [0.25, 0.3) is 0 Å². The molecule has 0 fully saturated rings. The minimum absolute atomic E-state index is 0.0926. The highest BCUT2D eigenvalue weighted by molar-refractivity contribution is 5.75. The first-order valence-electron chi connectivity index (χ1n) is 5.86. The second kappa shape index (κ2) is 11.5. The highest BCUT2D eigenvalue weighted by atomic mass is 16.5. The van der Waals surface area contributed by atoms with Crippen LogP contribution in [-0.4, -0.2) is 38.8 Å². The predicted molar refractivity (Wildman–Crippen MR) is 61.9 cm³/mol. The number of unbranched alkanes of at least 4 members (excludes halogenated alkanes) is 1. The second-order valence-corrected chi connectivity index (χ2v) is 3.42. The van der Waals surface area contributed by atoms with Crippen molar-refractivity contribution in [3.63, 3.8) is 0 Å². The smallest absolute Gasteiger partial charge is 0.221 e. The van der Waals surface area contributed by atoms with Crippen molar-refractivity contribution >= 4 is 5.91 Å². The van der Waals surface area contributed by atoms with E-state index in [1.807, 2.05) is 6.92 Å². The molecule has 0 bridgehead atoms. The van der Waals surface area contributed by atoms with Gasteiger partial charge < -0.3 is 15.4 Å². The Morgan fingerprint density at radius 1 is 1.20 bits per heavy atom. The zero-order chi connectivity index (χ0) is 11.4. The zero-order valence-electron chi connectivity index (χ0n) is 9.97. The average molecular weight is 216 g/mol. The molecule has 0 aromatic carbocycles. The molecule has 0 aliphatic carbocycles. The number of ether oxygens (including phenoxy) is 1. The fourth-order valence-corrected chi connectivity index (χ4v) is 1.08. The third kappa shape index (κ3) is 11.3. The number of carbonyl (C=O) groups is 1. The Labute approximate surface area is 92.8 Å². The molecule has 0 radical (unpaired) electrons. The lowest BCUT2D eigenvalue weighted by molar-refractivity contribution is -0.121. The van der Waals surface area contributed by atoms with E-state index >= 15 is 0 Å². The van der Waals surface area contributed by atoms with Crippen molar-refractivity contribution < 1.29 is 9.53 Å². The van der Waals surface area contributed by atoms with Gasteiger partial charge in [-0.15, -0.1) is 0 Å². The zero-order valence-corrected chi connectivity index (χ0v) is 9.97. The molecule has 0 rings (SSSR count). The number of carbonyl (C=O) groups excluding carboxylic acids is 1. The van der Waals surface area contributed by atoms with Crippen molar-refractivity contribution in [2.24, 2.45) is 0 Å². The van der Waals surface area contributed by atoms with E-state index in [9.17, 15) is 4.79 Å². The first kappa shape index (κ1) is 14.4. The van der Waals surface area contributed by atoms with Gasteiger partial charge in [0.2, 0.25) is 5.91 Å². The third-order valence-electron chi connectivity index (χ3n) is 1.99. The van der Waals surface area contributed by atoms with E-state index in [0.29, 0.717) is 19.6 Å². The molecule has 1 amide bonds. The summed E-state index contributed by atoms with van der Waals surface area (Å²) in [5.41, 5.74) is 0. The van der Waals surface area contributed by atoms with Crippen LogP contribution in [0.5, 0.6) is 0 Å². The lowest BCUT2D eigenvalue weighted by atomic mass is 10.4. The van der Waals surface area contributed by atoms with Crippen LogP contribution in [0.4, 0.5) is 0 Å². The van der Waals surface area contributed by atoms with Crippen molar-refractivity contribution in [3.05, 3.63) is 0 Å². The largest absolute Gasteiger partial charge is 0.380 e. The normalized spacial score (nSPS) is 10.3. The molecule has 0 atom stereocenters. The number of hydrogen-bond acceptors (Lipinski definition) is 3. The van der Waals surface area contributed by atoms with Crippen LogP contribution < -0.4 is 10.6 Å². The molecule has 15 heavy (non-hydrogen) atoms. The van der Waals surface area contributed by atoms with Gasteiger partial charge in [0, 0.05) is 26.1 Å². The summed E-state index contributed by atoms with van der Waals surface area (Å²) in [4.78, 5) is 11.2. The second-order valence-electron chi connectivity index (χ2n) is 3.42. The van der Waals surface area contributed by atoms with E-state index in [2.05, 4.69) is 17.6 Å². The molecule has 0 heterocycles. The molecule has 0 spiro atoms. The summed E-state index contributed by atoms with van der Waals surface area (Å²) >= 11 is 0. The van der Waals surface area contributed by atoms with Crippen molar-refractivity contribution in [2.75, 3.05) is 32.8 Å². The predicted octanol–water partition coefficient (Wildman–Crippen LogP) is 0.919. The van der Waals surface area contributed by atoms with Crippen LogP contribution in [0.15, 0.2) is 0 Å². The summed E-state index contributed by atoms with van der Waals surface area (Å²) < 4.78 is 5.32. The average Bonchev–Trinajstić information content (AvgIpc) is 2.23. The lowest BCUT2D eigenvalue weighted by Crippen LogP contribution is -2.30. The number of nitrogens with one attached hydrogen (secondary N) is 2.